The Bertz CT molecular complexity index is 1340. The fourth-order valence-corrected chi connectivity index (χ4v) is 4.90. The molecule has 0 fully saturated rings. The molecule has 4 rings (SSSR count). The zero-order valence-electron chi connectivity index (χ0n) is 18.8. The number of nitrogens with one attached hydrogen (secondary N) is 2. The number of aromatic hydroxyl groups is 1. The quantitative estimate of drug-likeness (QED) is 0.250. The number of carboxylic acids is 1. The van der Waals surface area contributed by atoms with Crippen LogP contribution in [0.4, 0.5) is 0 Å². The number of amides is 1. The van der Waals surface area contributed by atoms with E-state index in [1.807, 2.05) is 13.1 Å². The summed E-state index contributed by atoms with van der Waals surface area (Å²) in [7, 11) is 2.03. The van der Waals surface area contributed by atoms with Crippen molar-refractivity contribution in [2.24, 2.45) is 7.05 Å². The molecule has 7 nitrogen and oxygen atoms in total. The van der Waals surface area contributed by atoms with Gasteiger partial charge in [-0.3, -0.25) is 4.79 Å². The smallest absolute Gasteiger partial charge is 0.216 e. The van der Waals surface area contributed by atoms with Crippen LogP contribution in [-0.2, 0) is 16.6 Å². The number of carbonyl (C=O) groups is 2. The molecule has 0 aliphatic carbocycles. The van der Waals surface area contributed by atoms with Gasteiger partial charge in [0.05, 0.1) is 10.4 Å². The minimum absolute atomic E-state index is 0.0408. The molecule has 0 saturated heterocycles. The molecule has 2 aromatic carbocycles. The molecule has 0 unspecified atom stereocenters. The van der Waals surface area contributed by atoms with Crippen LogP contribution in [0.2, 0.25) is 0 Å². The highest BCUT2D eigenvalue weighted by Gasteiger charge is 2.19. The Kier molecular flexibility index (Phi) is 6.93. The monoisotopic (exact) mass is 453 g/mol. The number of rotatable bonds is 4. The van der Waals surface area contributed by atoms with Crippen LogP contribution in [-0.4, -0.2) is 34.3 Å². The summed E-state index contributed by atoms with van der Waals surface area (Å²) in [5, 5.41) is 26.9. The molecule has 2 heterocycles. The van der Waals surface area contributed by atoms with Crippen LogP contribution in [0.3, 0.4) is 0 Å². The van der Waals surface area contributed by atoms with E-state index >= 15 is 0 Å². The fourth-order valence-electron chi connectivity index (χ4n) is 3.92. The van der Waals surface area contributed by atoms with Gasteiger partial charge in [-0.05, 0) is 49.4 Å². The molecule has 0 saturated carbocycles. The number of phenolic OH excluding ortho intramolecular Hbond substituents is 1. The van der Waals surface area contributed by atoms with Crippen molar-refractivity contribution in [3.63, 3.8) is 0 Å². The Hall–Kier alpha value is -3.26. The number of hydrogen-bond acceptors (Lipinski definition) is 5. The van der Waals surface area contributed by atoms with Crippen LogP contribution in [0, 0.1) is 13.8 Å². The zero-order valence-corrected chi connectivity index (χ0v) is 19.6. The first-order valence-corrected chi connectivity index (χ1v) is 11.2. The molecule has 1 amide bonds. The standard InChI is InChI=1S/C22H23N3O2S.C2H4O2/c1-12-16-11-25(4)9-7-15(16)13(2)21-19(12)20-17(24-21)5-6-18(27)22(20)28-10-8-23-14(3)26;1-2(3)4/h5-7,9,11H,8,10H2,1-4H3,(H2,23,26,27);1H3,(H,3,4). The van der Waals surface area contributed by atoms with E-state index in [4.69, 9.17) is 9.90 Å². The largest absolute Gasteiger partial charge is 0.550 e. The lowest BCUT2D eigenvalue weighted by Crippen LogP contribution is -2.26. The number of hydrogen-bond donors (Lipinski definition) is 3. The van der Waals surface area contributed by atoms with Crippen LogP contribution in [0.1, 0.15) is 25.0 Å². The van der Waals surface area contributed by atoms with Crippen LogP contribution < -0.4 is 15.0 Å². The fraction of sp³-hybridized carbons (Fsp3) is 0.292. The number of carbonyl (C=O) groups excluding carboxylic acids is 2. The van der Waals surface area contributed by atoms with Crippen molar-refractivity contribution in [1.82, 2.24) is 10.3 Å². The first kappa shape index (κ1) is 23.4. The molecule has 2 aromatic heterocycles. The van der Waals surface area contributed by atoms with Gasteiger partial charge in [0.15, 0.2) is 12.4 Å². The molecular weight excluding hydrogens is 426 g/mol. The summed E-state index contributed by atoms with van der Waals surface area (Å²) in [6.45, 7) is 7.34. The third-order valence-corrected chi connectivity index (χ3v) is 6.39. The number of carboxylic acid groups (broad SMARTS) is 1. The molecule has 0 atom stereocenters. The Balaban J connectivity index is 0.000000668. The van der Waals surface area contributed by atoms with Gasteiger partial charge in [0.25, 0.3) is 0 Å². The summed E-state index contributed by atoms with van der Waals surface area (Å²) < 4.78 is 2.07. The van der Waals surface area contributed by atoms with E-state index < -0.39 is 5.97 Å². The number of fused-ring (bicyclic) bond motifs is 4. The predicted molar refractivity (Wildman–Crippen MR) is 126 cm³/mol. The predicted octanol–water partition coefficient (Wildman–Crippen LogP) is 2.61. The van der Waals surface area contributed by atoms with E-state index in [0.717, 1.165) is 33.6 Å². The van der Waals surface area contributed by atoms with Crippen molar-refractivity contribution in [1.29, 1.82) is 0 Å². The molecule has 0 spiro atoms. The first-order valence-electron chi connectivity index (χ1n) is 10.2. The van der Waals surface area contributed by atoms with Crippen molar-refractivity contribution >= 4 is 56.2 Å². The minimum atomic E-state index is -1.08. The number of H-pyrrole nitrogens is 1. The van der Waals surface area contributed by atoms with Gasteiger partial charge < -0.3 is 25.3 Å². The van der Waals surface area contributed by atoms with E-state index in [-0.39, 0.29) is 11.7 Å². The van der Waals surface area contributed by atoms with Crippen molar-refractivity contribution in [2.45, 2.75) is 32.6 Å². The normalized spacial score (nSPS) is 10.9. The summed E-state index contributed by atoms with van der Waals surface area (Å²) in [5.41, 5.74) is 4.54. The summed E-state index contributed by atoms with van der Waals surface area (Å²) >= 11 is 1.57. The SMILES string of the molecule is CC(=O)NCCSc1c(O)ccc2[nH]c3c(C)c4cc[n+](C)cc4c(C)c3c12.CC(=O)[O-]. The lowest BCUT2D eigenvalue weighted by atomic mass is 9.97. The van der Waals surface area contributed by atoms with E-state index in [2.05, 4.69) is 47.2 Å². The van der Waals surface area contributed by atoms with Crippen molar-refractivity contribution in [2.75, 3.05) is 12.3 Å². The molecule has 0 radical (unpaired) electrons. The molecule has 0 aliphatic heterocycles. The number of aliphatic carboxylic acids is 1. The maximum absolute atomic E-state index is 11.1. The van der Waals surface area contributed by atoms with Gasteiger partial charge in [0.2, 0.25) is 5.91 Å². The number of benzene rings is 2. The number of phenols is 1. The molecule has 0 aliphatic rings. The van der Waals surface area contributed by atoms with Gasteiger partial charge in [-0.15, -0.1) is 11.8 Å². The van der Waals surface area contributed by atoms with E-state index in [9.17, 15) is 9.90 Å². The number of aromatic amines is 1. The molecule has 4 aromatic rings. The molecule has 0 bridgehead atoms. The average molecular weight is 454 g/mol. The van der Waals surface area contributed by atoms with E-state index in [0.29, 0.717) is 12.3 Å². The highest BCUT2D eigenvalue weighted by atomic mass is 32.2. The van der Waals surface area contributed by atoms with Gasteiger partial charge in [0.1, 0.15) is 12.8 Å². The van der Waals surface area contributed by atoms with E-state index in [1.165, 1.54) is 28.8 Å². The zero-order chi connectivity index (χ0) is 23.6. The number of thioether (sulfide) groups is 1. The van der Waals surface area contributed by atoms with Gasteiger partial charge in [0, 0.05) is 52.9 Å². The molecule has 32 heavy (non-hydrogen) atoms. The maximum Gasteiger partial charge on any atom is 0.216 e. The maximum atomic E-state index is 11.1. The number of nitrogens with zero attached hydrogens (tertiary/aromatic N) is 1. The summed E-state index contributed by atoms with van der Waals surface area (Å²) in [6.07, 6.45) is 4.22. The Morgan fingerprint density at radius 1 is 1.12 bits per heavy atom. The van der Waals surface area contributed by atoms with Gasteiger partial charge in [-0.2, -0.15) is 0 Å². The third-order valence-electron chi connectivity index (χ3n) is 5.28. The first-order chi connectivity index (χ1) is 15.1. The van der Waals surface area contributed by atoms with Crippen LogP contribution in [0.15, 0.2) is 35.5 Å². The average Bonchev–Trinajstić information content (AvgIpc) is 3.10. The van der Waals surface area contributed by atoms with Crippen LogP contribution in [0.5, 0.6) is 5.75 Å². The van der Waals surface area contributed by atoms with Crippen molar-refractivity contribution in [3.05, 3.63) is 41.7 Å². The van der Waals surface area contributed by atoms with Crippen LogP contribution in [0.25, 0.3) is 32.6 Å². The molecular formula is C24H27N3O4S. The van der Waals surface area contributed by atoms with E-state index in [1.54, 1.807) is 17.8 Å². The Morgan fingerprint density at radius 3 is 2.47 bits per heavy atom. The lowest BCUT2D eigenvalue weighted by Gasteiger charge is -2.10. The second-order valence-electron chi connectivity index (χ2n) is 7.72. The highest BCUT2D eigenvalue weighted by Crippen LogP contribution is 2.43. The summed E-state index contributed by atoms with van der Waals surface area (Å²) in [4.78, 5) is 24.4. The Morgan fingerprint density at radius 2 is 1.81 bits per heavy atom. The van der Waals surface area contributed by atoms with Crippen LogP contribution >= 0.6 is 11.8 Å². The van der Waals surface area contributed by atoms with Crippen molar-refractivity contribution < 1.29 is 24.4 Å². The molecule has 8 heteroatoms. The minimum Gasteiger partial charge on any atom is -0.550 e. The van der Waals surface area contributed by atoms with Crippen molar-refractivity contribution in [3.8, 4) is 5.75 Å². The molecule has 3 N–H and O–H groups in total. The lowest BCUT2D eigenvalue weighted by molar-refractivity contribution is -0.670. The number of pyridine rings is 1. The van der Waals surface area contributed by atoms with Gasteiger partial charge in [-0.1, -0.05) is 0 Å². The number of aryl methyl sites for hydroxylation is 3. The topological polar surface area (TPSA) is 109 Å². The molecule has 168 valence electrons. The summed E-state index contributed by atoms with van der Waals surface area (Å²) in [5.74, 6) is -0.155. The van der Waals surface area contributed by atoms with Gasteiger partial charge in [-0.25, -0.2) is 4.57 Å². The highest BCUT2D eigenvalue weighted by molar-refractivity contribution is 7.99. The number of aromatic nitrogens is 2. The second-order valence-corrected chi connectivity index (χ2v) is 8.83. The Labute approximate surface area is 190 Å². The third kappa shape index (κ3) is 4.65. The summed E-state index contributed by atoms with van der Waals surface area (Å²) in [6, 6.07) is 5.83. The van der Waals surface area contributed by atoms with Gasteiger partial charge >= 0.3 is 0 Å². The second kappa shape index (κ2) is 9.48.